The summed E-state index contributed by atoms with van der Waals surface area (Å²) in [7, 11) is 10.2. The van der Waals surface area contributed by atoms with Crippen LogP contribution in [-0.4, -0.2) is 68.5 Å². The third-order valence-electron chi connectivity index (χ3n) is 4.68. The lowest BCUT2D eigenvalue weighted by molar-refractivity contribution is 0.0154. The number of aliphatic imine (C=N–C) groups is 2. The van der Waals surface area contributed by atoms with Gasteiger partial charge in [0, 0.05) is 18.1 Å². The monoisotopic (exact) mass is 314 g/mol. The molecule has 0 aromatic carbocycles. The summed E-state index contributed by atoms with van der Waals surface area (Å²) in [5.74, 6) is 0. The topological polar surface area (TPSA) is 31.2 Å². The molecule has 0 heterocycles. The van der Waals surface area contributed by atoms with E-state index in [9.17, 15) is 0 Å². The van der Waals surface area contributed by atoms with Crippen molar-refractivity contribution in [3.8, 4) is 0 Å². The van der Waals surface area contributed by atoms with Gasteiger partial charge in [0.15, 0.2) is 0 Å². The molecule has 0 unspecified atom stereocenters. The Morgan fingerprint density at radius 1 is 0.864 bits per heavy atom. The van der Waals surface area contributed by atoms with Gasteiger partial charge in [0.25, 0.3) is 0 Å². The van der Waals surface area contributed by atoms with Crippen molar-refractivity contribution >= 4 is 12.4 Å². The summed E-state index contributed by atoms with van der Waals surface area (Å²) >= 11 is 0. The number of hydrogen-bond acceptors (Lipinski definition) is 4. The van der Waals surface area contributed by atoms with E-state index in [1.807, 2.05) is 6.92 Å². The highest BCUT2D eigenvalue weighted by Crippen LogP contribution is 2.29. The zero-order chi connectivity index (χ0) is 16.7. The fourth-order valence-electron chi connectivity index (χ4n) is 1.34. The Labute approximate surface area is 141 Å². The first kappa shape index (κ1) is 29.1. The number of allylic oxidation sites excluding steroid dienone is 1. The van der Waals surface area contributed by atoms with E-state index >= 15 is 0 Å². The van der Waals surface area contributed by atoms with Crippen LogP contribution in [0.1, 0.15) is 49.5 Å². The Hall–Kier alpha value is -1.00. The highest BCUT2D eigenvalue weighted by molar-refractivity contribution is 5.97. The standard InChI is InChI=1S/C10H24N2.C6H10N2.2CH4/c1-9(2,11(5)6)10(3,4)12(7)8;1-5(7-3)6(2)8-4;;/h1-8H3;1,3H2,2,4H3;2*1H4. The molecule has 134 valence electrons. The number of likely N-dealkylation sites (N-methyl/N-ethyl adjacent to an activating group) is 2. The molecular weight excluding hydrogens is 272 g/mol. The fourth-order valence-corrected chi connectivity index (χ4v) is 1.34. The molecule has 0 saturated heterocycles. The van der Waals surface area contributed by atoms with Gasteiger partial charge < -0.3 is 9.80 Å². The molecule has 4 heteroatoms. The second-order valence-electron chi connectivity index (χ2n) is 6.32. The van der Waals surface area contributed by atoms with Crippen molar-refractivity contribution in [2.75, 3.05) is 35.2 Å². The lowest BCUT2D eigenvalue weighted by Gasteiger charge is -2.50. The van der Waals surface area contributed by atoms with Crippen molar-refractivity contribution in [2.45, 2.75) is 60.5 Å². The van der Waals surface area contributed by atoms with Gasteiger partial charge in [0.1, 0.15) is 0 Å². The van der Waals surface area contributed by atoms with Gasteiger partial charge in [0.2, 0.25) is 0 Å². The Balaban J connectivity index is -0.000000144. The minimum absolute atomic E-state index is 0. The summed E-state index contributed by atoms with van der Waals surface area (Å²) in [5.41, 5.74) is 1.83. The summed E-state index contributed by atoms with van der Waals surface area (Å²) in [6.07, 6.45) is 0. The van der Waals surface area contributed by atoms with Gasteiger partial charge in [-0.1, -0.05) is 21.4 Å². The second kappa shape index (κ2) is 11.6. The molecule has 0 bridgehead atoms. The minimum atomic E-state index is 0. The molecule has 0 atom stereocenters. The molecule has 0 aliphatic carbocycles. The van der Waals surface area contributed by atoms with Crippen LogP contribution in [0.15, 0.2) is 22.3 Å². The van der Waals surface area contributed by atoms with Crippen LogP contribution < -0.4 is 0 Å². The van der Waals surface area contributed by atoms with Crippen LogP contribution in [0.2, 0.25) is 0 Å². The van der Waals surface area contributed by atoms with Crippen LogP contribution in [0.5, 0.6) is 0 Å². The molecule has 0 aromatic heterocycles. The third kappa shape index (κ3) is 7.85. The van der Waals surface area contributed by atoms with E-state index in [0.717, 1.165) is 5.71 Å². The Bertz CT molecular complexity index is 332. The maximum Gasteiger partial charge on any atom is 0.0757 e. The molecule has 0 amide bonds. The van der Waals surface area contributed by atoms with Crippen molar-refractivity contribution in [3.05, 3.63) is 12.3 Å². The van der Waals surface area contributed by atoms with Crippen molar-refractivity contribution in [1.29, 1.82) is 0 Å². The SMILES string of the molecule is C.C.C=NC(=C)C(C)=NC.CN(C)C(C)(C)C(C)(C)N(C)C. The summed E-state index contributed by atoms with van der Waals surface area (Å²) in [6.45, 7) is 17.8. The van der Waals surface area contributed by atoms with Crippen LogP contribution in [-0.2, 0) is 0 Å². The first-order valence-electron chi connectivity index (χ1n) is 6.80. The molecule has 0 rings (SSSR count). The Morgan fingerprint density at radius 3 is 1.23 bits per heavy atom. The van der Waals surface area contributed by atoms with E-state index < -0.39 is 0 Å². The molecular formula is C18H42N4. The van der Waals surface area contributed by atoms with Crippen LogP contribution in [0.4, 0.5) is 0 Å². The summed E-state index contributed by atoms with van der Waals surface area (Å²) < 4.78 is 0. The molecule has 0 radical (unpaired) electrons. The molecule has 0 spiro atoms. The van der Waals surface area contributed by atoms with Gasteiger partial charge in [-0.15, -0.1) is 0 Å². The third-order valence-corrected chi connectivity index (χ3v) is 4.68. The van der Waals surface area contributed by atoms with E-state index in [4.69, 9.17) is 0 Å². The van der Waals surface area contributed by atoms with Crippen LogP contribution in [0.3, 0.4) is 0 Å². The highest BCUT2D eigenvalue weighted by Gasteiger charge is 2.40. The number of rotatable bonds is 5. The molecule has 22 heavy (non-hydrogen) atoms. The first-order valence-corrected chi connectivity index (χ1v) is 6.80. The first-order chi connectivity index (χ1) is 8.86. The molecule has 0 N–H and O–H groups in total. The largest absolute Gasteiger partial charge is 0.302 e. The Kier molecular flexibility index (Phi) is 15.3. The fraction of sp³-hybridized carbons (Fsp3) is 0.778. The minimum Gasteiger partial charge on any atom is -0.302 e. The predicted octanol–water partition coefficient (Wildman–Crippen LogP) is 4.23. The average molecular weight is 315 g/mol. The second-order valence-corrected chi connectivity index (χ2v) is 6.32. The van der Waals surface area contributed by atoms with Crippen molar-refractivity contribution in [2.24, 2.45) is 9.98 Å². The smallest absolute Gasteiger partial charge is 0.0757 e. The van der Waals surface area contributed by atoms with E-state index in [0.29, 0.717) is 5.70 Å². The average Bonchev–Trinajstić information content (AvgIpc) is 2.36. The molecule has 0 aromatic rings. The van der Waals surface area contributed by atoms with Gasteiger partial charge in [-0.3, -0.25) is 9.98 Å². The van der Waals surface area contributed by atoms with Crippen LogP contribution in [0, 0.1) is 0 Å². The maximum atomic E-state index is 3.84. The zero-order valence-corrected chi connectivity index (χ0v) is 15.2. The maximum absolute atomic E-state index is 3.84. The van der Waals surface area contributed by atoms with E-state index in [1.54, 1.807) is 7.05 Å². The molecule has 0 fully saturated rings. The van der Waals surface area contributed by atoms with Gasteiger partial charge in [-0.05, 0) is 69.5 Å². The molecule has 0 aliphatic heterocycles. The molecule has 4 nitrogen and oxygen atoms in total. The lowest BCUT2D eigenvalue weighted by atomic mass is 9.80. The summed E-state index contributed by atoms with van der Waals surface area (Å²) in [6, 6.07) is 0. The summed E-state index contributed by atoms with van der Waals surface area (Å²) in [4.78, 5) is 12.0. The molecule has 0 aliphatic rings. The van der Waals surface area contributed by atoms with Crippen molar-refractivity contribution in [3.63, 3.8) is 0 Å². The zero-order valence-electron chi connectivity index (χ0n) is 15.2. The van der Waals surface area contributed by atoms with Crippen LogP contribution in [0.25, 0.3) is 0 Å². The number of nitrogens with zero attached hydrogens (tertiary/aromatic N) is 4. The van der Waals surface area contributed by atoms with Gasteiger partial charge in [0.05, 0.1) is 11.4 Å². The predicted molar refractivity (Wildman–Crippen MR) is 107 cm³/mol. The highest BCUT2D eigenvalue weighted by atomic mass is 15.3. The van der Waals surface area contributed by atoms with E-state index in [2.05, 4.69) is 89.0 Å². The van der Waals surface area contributed by atoms with Gasteiger partial charge in [-0.2, -0.15) is 0 Å². The van der Waals surface area contributed by atoms with Gasteiger partial charge >= 0.3 is 0 Å². The van der Waals surface area contributed by atoms with Crippen LogP contribution >= 0.6 is 0 Å². The quantitative estimate of drug-likeness (QED) is 0.711. The normalized spacial score (nSPS) is 11.9. The van der Waals surface area contributed by atoms with Gasteiger partial charge in [-0.25, -0.2) is 0 Å². The summed E-state index contributed by atoms with van der Waals surface area (Å²) in [5, 5.41) is 0. The van der Waals surface area contributed by atoms with Crippen molar-refractivity contribution in [1.82, 2.24) is 9.80 Å². The molecule has 0 saturated carbocycles. The van der Waals surface area contributed by atoms with Crippen molar-refractivity contribution < 1.29 is 0 Å². The van der Waals surface area contributed by atoms with E-state index in [-0.39, 0.29) is 25.9 Å². The van der Waals surface area contributed by atoms with E-state index in [1.165, 1.54) is 0 Å². The number of hydrogen-bond donors (Lipinski definition) is 0. The Morgan fingerprint density at radius 2 is 1.14 bits per heavy atom. The lowest BCUT2D eigenvalue weighted by Crippen LogP contribution is -2.61.